The van der Waals surface area contributed by atoms with Crippen molar-refractivity contribution in [1.29, 1.82) is 0 Å². The number of aromatic nitrogens is 4. The fraction of sp³-hybridized carbons (Fsp3) is 0.182. The molecule has 0 fully saturated rings. The molecule has 3 aromatic rings. The molecule has 2 N–H and O–H groups in total. The van der Waals surface area contributed by atoms with Gasteiger partial charge in [-0.1, -0.05) is 29.2 Å². The number of rotatable bonds is 4. The van der Waals surface area contributed by atoms with Crippen LogP contribution in [0.25, 0.3) is 5.65 Å². The highest BCUT2D eigenvalue weighted by Crippen LogP contribution is 2.34. The van der Waals surface area contributed by atoms with Gasteiger partial charge in [-0.2, -0.15) is 0 Å². The van der Waals surface area contributed by atoms with Crippen LogP contribution in [-0.2, 0) is 6.54 Å². The number of nitrogens with two attached hydrogens (primary N) is 1. The number of thioether (sulfide) groups is 1. The van der Waals surface area contributed by atoms with Crippen LogP contribution in [0.5, 0.6) is 0 Å². The van der Waals surface area contributed by atoms with E-state index in [-0.39, 0.29) is 0 Å². The molecule has 0 aromatic carbocycles. The van der Waals surface area contributed by atoms with Crippen LogP contribution in [0.3, 0.4) is 0 Å². The fourth-order valence-corrected chi connectivity index (χ4v) is 4.19. The first kappa shape index (κ1) is 12.9. The molecule has 3 heterocycles. The van der Waals surface area contributed by atoms with Gasteiger partial charge < -0.3 is 10.1 Å². The standard InChI is InChI=1S/C11H11N5S3/c1-17-10-14-15-11(19-10)18-9-7(6-12)16-5-3-2-4-8(16)13-9/h2-5H,6,12H2,1H3. The molecule has 98 valence electrons. The molecule has 0 unspecified atom stereocenters. The normalized spacial score (nSPS) is 11.3. The van der Waals surface area contributed by atoms with Crippen LogP contribution in [0, 0.1) is 0 Å². The molecule has 0 aliphatic rings. The van der Waals surface area contributed by atoms with Crippen molar-refractivity contribution in [2.24, 2.45) is 5.73 Å². The predicted molar refractivity (Wildman–Crippen MR) is 78.9 cm³/mol. The SMILES string of the molecule is CSc1nnc(Sc2nc3ccccn3c2CN)s1. The fourth-order valence-electron chi connectivity index (χ4n) is 1.70. The third kappa shape index (κ3) is 2.48. The van der Waals surface area contributed by atoms with E-state index >= 15 is 0 Å². The molecule has 0 amide bonds. The monoisotopic (exact) mass is 309 g/mol. The Morgan fingerprint density at radius 3 is 2.89 bits per heavy atom. The lowest BCUT2D eigenvalue weighted by Crippen LogP contribution is -2.01. The topological polar surface area (TPSA) is 69.1 Å². The third-order valence-corrected chi connectivity index (χ3v) is 5.50. The van der Waals surface area contributed by atoms with Gasteiger partial charge in [-0.05, 0) is 30.2 Å². The summed E-state index contributed by atoms with van der Waals surface area (Å²) in [7, 11) is 0. The lowest BCUT2D eigenvalue weighted by molar-refractivity contribution is 0.916. The largest absolute Gasteiger partial charge is 0.325 e. The summed E-state index contributed by atoms with van der Waals surface area (Å²) in [5, 5.41) is 9.13. The van der Waals surface area contributed by atoms with Gasteiger partial charge in [0.25, 0.3) is 0 Å². The van der Waals surface area contributed by atoms with Crippen LogP contribution in [0.2, 0.25) is 0 Å². The first-order valence-corrected chi connectivity index (χ1v) is 8.39. The second-order valence-corrected chi connectivity index (χ2v) is 6.90. The van der Waals surface area contributed by atoms with Crippen molar-refractivity contribution in [2.75, 3.05) is 6.26 Å². The molecule has 0 bridgehead atoms. The Balaban J connectivity index is 1.99. The number of nitrogens with zero attached hydrogens (tertiary/aromatic N) is 4. The highest BCUT2D eigenvalue weighted by atomic mass is 32.2. The number of hydrogen-bond donors (Lipinski definition) is 1. The van der Waals surface area contributed by atoms with Gasteiger partial charge in [0.1, 0.15) is 10.7 Å². The Morgan fingerprint density at radius 1 is 1.32 bits per heavy atom. The number of fused-ring (bicyclic) bond motifs is 1. The van der Waals surface area contributed by atoms with Gasteiger partial charge in [-0.15, -0.1) is 10.2 Å². The van der Waals surface area contributed by atoms with Crippen molar-refractivity contribution in [3.8, 4) is 0 Å². The zero-order valence-electron chi connectivity index (χ0n) is 10.1. The van der Waals surface area contributed by atoms with Crippen molar-refractivity contribution in [3.63, 3.8) is 0 Å². The molecule has 0 spiro atoms. The molecule has 3 aromatic heterocycles. The maximum atomic E-state index is 5.84. The summed E-state index contributed by atoms with van der Waals surface area (Å²) in [6.45, 7) is 0.446. The maximum Gasteiger partial charge on any atom is 0.181 e. The quantitative estimate of drug-likeness (QED) is 0.747. The Morgan fingerprint density at radius 2 is 2.16 bits per heavy atom. The summed E-state index contributed by atoms with van der Waals surface area (Å²) in [6, 6.07) is 5.91. The van der Waals surface area contributed by atoms with E-state index in [0.29, 0.717) is 6.54 Å². The van der Waals surface area contributed by atoms with Gasteiger partial charge in [0.2, 0.25) is 0 Å². The van der Waals surface area contributed by atoms with E-state index in [4.69, 9.17) is 5.73 Å². The van der Waals surface area contributed by atoms with E-state index in [1.165, 1.54) is 11.8 Å². The summed E-state index contributed by atoms with van der Waals surface area (Å²) in [6.07, 6.45) is 3.97. The van der Waals surface area contributed by atoms with Crippen molar-refractivity contribution >= 4 is 40.5 Å². The van der Waals surface area contributed by atoms with E-state index in [9.17, 15) is 0 Å². The first-order valence-electron chi connectivity index (χ1n) is 5.53. The van der Waals surface area contributed by atoms with Gasteiger partial charge in [0.15, 0.2) is 8.68 Å². The predicted octanol–water partition coefficient (Wildman–Crippen LogP) is 2.52. The van der Waals surface area contributed by atoms with Gasteiger partial charge in [-0.25, -0.2) is 4.98 Å². The molecular formula is C11H11N5S3. The van der Waals surface area contributed by atoms with E-state index in [2.05, 4.69) is 15.2 Å². The molecule has 0 radical (unpaired) electrons. The molecule has 19 heavy (non-hydrogen) atoms. The number of hydrogen-bond acceptors (Lipinski definition) is 7. The van der Waals surface area contributed by atoms with E-state index in [1.807, 2.05) is 35.1 Å². The highest BCUT2D eigenvalue weighted by molar-refractivity contribution is 8.03. The number of pyridine rings is 1. The van der Waals surface area contributed by atoms with Gasteiger partial charge >= 0.3 is 0 Å². The lowest BCUT2D eigenvalue weighted by Gasteiger charge is -1.99. The molecule has 0 saturated carbocycles. The summed E-state index contributed by atoms with van der Waals surface area (Å²) in [5.74, 6) is 0. The van der Waals surface area contributed by atoms with Gasteiger partial charge in [0.05, 0.1) is 5.69 Å². The summed E-state index contributed by atoms with van der Waals surface area (Å²) in [5.41, 5.74) is 7.74. The van der Waals surface area contributed by atoms with Crippen molar-refractivity contribution in [3.05, 3.63) is 30.1 Å². The van der Waals surface area contributed by atoms with Gasteiger partial charge in [-0.3, -0.25) is 0 Å². The summed E-state index contributed by atoms with van der Waals surface area (Å²) in [4.78, 5) is 4.59. The minimum Gasteiger partial charge on any atom is -0.325 e. The van der Waals surface area contributed by atoms with Crippen LogP contribution in [0.15, 0.2) is 38.1 Å². The Kier molecular flexibility index (Phi) is 3.74. The summed E-state index contributed by atoms with van der Waals surface area (Å²) < 4.78 is 3.86. The molecule has 0 aliphatic carbocycles. The second-order valence-electron chi connectivity index (χ2n) is 3.64. The van der Waals surface area contributed by atoms with Crippen LogP contribution in [0.1, 0.15) is 5.69 Å². The molecule has 5 nitrogen and oxygen atoms in total. The molecule has 0 atom stereocenters. The van der Waals surface area contributed by atoms with Crippen LogP contribution >= 0.6 is 34.9 Å². The molecule has 3 rings (SSSR count). The van der Waals surface area contributed by atoms with Crippen molar-refractivity contribution < 1.29 is 0 Å². The Hall–Kier alpha value is -1.09. The lowest BCUT2D eigenvalue weighted by atomic mass is 10.4. The molecule has 0 aliphatic heterocycles. The zero-order valence-corrected chi connectivity index (χ0v) is 12.6. The molecule has 0 saturated heterocycles. The highest BCUT2D eigenvalue weighted by Gasteiger charge is 2.14. The smallest absolute Gasteiger partial charge is 0.181 e. The minimum atomic E-state index is 0.446. The second kappa shape index (κ2) is 5.49. The third-order valence-electron chi connectivity index (χ3n) is 2.53. The zero-order chi connectivity index (χ0) is 13.2. The minimum absolute atomic E-state index is 0.446. The van der Waals surface area contributed by atoms with E-state index in [0.717, 1.165) is 25.0 Å². The van der Waals surface area contributed by atoms with E-state index < -0.39 is 0 Å². The average Bonchev–Trinajstić information content (AvgIpc) is 3.02. The Bertz CT molecular complexity index is 705. The summed E-state index contributed by atoms with van der Waals surface area (Å²) >= 11 is 4.69. The maximum absolute atomic E-state index is 5.84. The van der Waals surface area contributed by atoms with Crippen LogP contribution in [-0.4, -0.2) is 25.8 Å². The van der Waals surface area contributed by atoms with Crippen molar-refractivity contribution in [2.45, 2.75) is 20.3 Å². The van der Waals surface area contributed by atoms with Crippen molar-refractivity contribution in [1.82, 2.24) is 19.6 Å². The number of imidazole rings is 1. The molecular weight excluding hydrogens is 298 g/mol. The Labute approximate surface area is 122 Å². The first-order chi connectivity index (χ1) is 9.31. The van der Waals surface area contributed by atoms with Gasteiger partial charge in [0, 0.05) is 12.7 Å². The average molecular weight is 309 g/mol. The van der Waals surface area contributed by atoms with E-state index in [1.54, 1.807) is 23.1 Å². The van der Waals surface area contributed by atoms with Crippen LogP contribution < -0.4 is 5.73 Å². The van der Waals surface area contributed by atoms with Crippen LogP contribution in [0.4, 0.5) is 0 Å². The molecule has 8 heteroatoms.